The molecule has 0 heterocycles. The van der Waals surface area contributed by atoms with Crippen LogP contribution in [0.25, 0.3) is 0 Å². The Morgan fingerprint density at radius 2 is 1.70 bits per heavy atom. The van der Waals surface area contributed by atoms with E-state index in [2.05, 4.69) is 10.6 Å². The highest BCUT2D eigenvalue weighted by Gasteiger charge is 2.09. The van der Waals surface area contributed by atoms with E-state index in [0.717, 1.165) is 5.56 Å². The topological polar surface area (TPSA) is 67.2 Å². The minimum Gasteiger partial charge on any atom is -0.399 e. The second-order valence-electron chi connectivity index (χ2n) is 4.49. The fourth-order valence-corrected chi connectivity index (χ4v) is 1.77. The molecule has 1 unspecified atom stereocenters. The lowest BCUT2D eigenvalue weighted by molar-refractivity contribution is 0.249. The van der Waals surface area contributed by atoms with Crippen LogP contribution in [0, 0.1) is 5.82 Å². The fraction of sp³-hybridized carbons (Fsp3) is 0.133. The van der Waals surface area contributed by atoms with Gasteiger partial charge in [0.05, 0.1) is 6.04 Å². The Hall–Kier alpha value is -2.56. The van der Waals surface area contributed by atoms with Crippen molar-refractivity contribution in [2.75, 3.05) is 11.1 Å². The van der Waals surface area contributed by atoms with Gasteiger partial charge in [-0.2, -0.15) is 0 Å². The van der Waals surface area contributed by atoms with Gasteiger partial charge in [-0.25, -0.2) is 9.18 Å². The highest BCUT2D eigenvalue weighted by Crippen LogP contribution is 2.15. The largest absolute Gasteiger partial charge is 0.399 e. The van der Waals surface area contributed by atoms with E-state index in [0.29, 0.717) is 11.4 Å². The van der Waals surface area contributed by atoms with Gasteiger partial charge in [0.1, 0.15) is 5.82 Å². The van der Waals surface area contributed by atoms with Crippen LogP contribution in [-0.2, 0) is 0 Å². The average molecular weight is 273 g/mol. The first kappa shape index (κ1) is 13.9. The van der Waals surface area contributed by atoms with E-state index >= 15 is 0 Å². The van der Waals surface area contributed by atoms with Gasteiger partial charge in [-0.15, -0.1) is 0 Å². The molecule has 4 nitrogen and oxygen atoms in total. The SMILES string of the molecule is CC(NC(=O)Nc1ccc(F)cc1)c1ccc(N)cc1. The Morgan fingerprint density at radius 3 is 2.30 bits per heavy atom. The van der Waals surface area contributed by atoms with Crippen molar-refractivity contribution in [3.05, 3.63) is 59.9 Å². The van der Waals surface area contributed by atoms with E-state index in [-0.39, 0.29) is 17.9 Å². The lowest BCUT2D eigenvalue weighted by Gasteiger charge is -2.15. The molecule has 2 amide bonds. The van der Waals surface area contributed by atoms with Gasteiger partial charge in [0.25, 0.3) is 0 Å². The van der Waals surface area contributed by atoms with E-state index in [1.807, 2.05) is 19.1 Å². The van der Waals surface area contributed by atoms with Gasteiger partial charge < -0.3 is 16.4 Å². The zero-order valence-corrected chi connectivity index (χ0v) is 11.1. The summed E-state index contributed by atoms with van der Waals surface area (Å²) in [5, 5.41) is 5.43. The highest BCUT2D eigenvalue weighted by molar-refractivity contribution is 5.89. The van der Waals surface area contributed by atoms with Crippen LogP contribution in [0.15, 0.2) is 48.5 Å². The van der Waals surface area contributed by atoms with Gasteiger partial charge in [-0.1, -0.05) is 12.1 Å². The molecule has 0 saturated carbocycles. The number of hydrogen-bond acceptors (Lipinski definition) is 2. The van der Waals surface area contributed by atoms with Crippen molar-refractivity contribution in [2.45, 2.75) is 13.0 Å². The van der Waals surface area contributed by atoms with Crippen LogP contribution in [0.3, 0.4) is 0 Å². The molecule has 0 aromatic heterocycles. The minimum atomic E-state index is -0.346. The molecule has 1 atom stereocenters. The van der Waals surface area contributed by atoms with E-state index in [4.69, 9.17) is 5.73 Å². The molecule has 2 rings (SSSR count). The quantitative estimate of drug-likeness (QED) is 0.751. The predicted octanol–water partition coefficient (Wildman–Crippen LogP) is 3.29. The normalized spacial score (nSPS) is 11.7. The van der Waals surface area contributed by atoms with E-state index in [9.17, 15) is 9.18 Å². The molecule has 0 bridgehead atoms. The Balaban J connectivity index is 1.93. The average Bonchev–Trinajstić information content (AvgIpc) is 2.42. The molecule has 104 valence electrons. The van der Waals surface area contributed by atoms with Crippen LogP contribution in [0.4, 0.5) is 20.6 Å². The summed E-state index contributed by atoms with van der Waals surface area (Å²) < 4.78 is 12.7. The Morgan fingerprint density at radius 1 is 1.10 bits per heavy atom. The highest BCUT2D eigenvalue weighted by atomic mass is 19.1. The summed E-state index contributed by atoms with van der Waals surface area (Å²) in [6.07, 6.45) is 0. The third-order valence-corrected chi connectivity index (χ3v) is 2.89. The second-order valence-corrected chi connectivity index (χ2v) is 4.49. The van der Waals surface area contributed by atoms with Crippen LogP contribution < -0.4 is 16.4 Å². The first-order valence-electron chi connectivity index (χ1n) is 6.23. The van der Waals surface area contributed by atoms with Gasteiger partial charge >= 0.3 is 6.03 Å². The number of nitrogens with one attached hydrogen (secondary N) is 2. The van der Waals surface area contributed by atoms with Crippen molar-refractivity contribution >= 4 is 17.4 Å². The number of amides is 2. The molecular weight excluding hydrogens is 257 g/mol. The maximum atomic E-state index is 12.7. The summed E-state index contributed by atoms with van der Waals surface area (Å²) in [5.41, 5.74) is 7.78. The minimum absolute atomic E-state index is 0.156. The Labute approximate surface area is 116 Å². The number of nitrogens with two attached hydrogens (primary N) is 1. The lowest BCUT2D eigenvalue weighted by Crippen LogP contribution is -2.31. The van der Waals surface area contributed by atoms with Gasteiger partial charge in [-0.05, 0) is 48.9 Å². The van der Waals surface area contributed by atoms with E-state index < -0.39 is 0 Å². The first-order valence-corrected chi connectivity index (χ1v) is 6.23. The van der Waals surface area contributed by atoms with Crippen molar-refractivity contribution in [3.63, 3.8) is 0 Å². The predicted molar refractivity (Wildman–Crippen MR) is 77.8 cm³/mol. The summed E-state index contributed by atoms with van der Waals surface area (Å²) in [5.74, 6) is -0.341. The molecule has 0 aliphatic carbocycles. The molecule has 2 aromatic carbocycles. The smallest absolute Gasteiger partial charge is 0.319 e. The summed E-state index contributed by atoms with van der Waals surface area (Å²) >= 11 is 0. The molecule has 0 aliphatic rings. The van der Waals surface area contributed by atoms with Gasteiger partial charge in [-0.3, -0.25) is 0 Å². The third kappa shape index (κ3) is 3.71. The summed E-state index contributed by atoms with van der Waals surface area (Å²) in [6, 6.07) is 12.4. The number of nitrogen functional groups attached to an aromatic ring is 1. The van der Waals surface area contributed by atoms with Crippen molar-refractivity contribution < 1.29 is 9.18 Å². The third-order valence-electron chi connectivity index (χ3n) is 2.89. The molecule has 2 aromatic rings. The number of hydrogen-bond donors (Lipinski definition) is 3. The maximum Gasteiger partial charge on any atom is 0.319 e. The molecule has 0 spiro atoms. The molecule has 20 heavy (non-hydrogen) atoms. The second kappa shape index (κ2) is 6.06. The zero-order chi connectivity index (χ0) is 14.5. The maximum absolute atomic E-state index is 12.7. The van der Waals surface area contributed by atoms with Crippen molar-refractivity contribution in [1.82, 2.24) is 5.32 Å². The number of anilines is 2. The monoisotopic (exact) mass is 273 g/mol. The molecule has 5 heteroatoms. The number of carbonyl (C=O) groups is 1. The van der Waals surface area contributed by atoms with Crippen molar-refractivity contribution in [3.8, 4) is 0 Å². The Bertz CT molecular complexity index is 581. The number of benzene rings is 2. The summed E-state index contributed by atoms with van der Waals surface area (Å²) in [7, 11) is 0. The number of carbonyl (C=O) groups excluding carboxylic acids is 1. The molecule has 0 saturated heterocycles. The van der Waals surface area contributed by atoms with Gasteiger partial charge in [0, 0.05) is 11.4 Å². The Kier molecular flexibility index (Phi) is 4.20. The molecule has 0 aliphatic heterocycles. The summed E-state index contributed by atoms with van der Waals surface area (Å²) in [4.78, 5) is 11.8. The van der Waals surface area contributed by atoms with Gasteiger partial charge in [0.2, 0.25) is 0 Å². The zero-order valence-electron chi connectivity index (χ0n) is 11.1. The lowest BCUT2D eigenvalue weighted by atomic mass is 10.1. The molecular formula is C15H16FN3O. The van der Waals surface area contributed by atoms with E-state index in [1.165, 1.54) is 24.3 Å². The van der Waals surface area contributed by atoms with E-state index in [1.54, 1.807) is 12.1 Å². The molecule has 0 radical (unpaired) electrons. The van der Waals surface area contributed by atoms with Crippen LogP contribution in [-0.4, -0.2) is 6.03 Å². The summed E-state index contributed by atoms with van der Waals surface area (Å²) in [6.45, 7) is 1.87. The number of rotatable bonds is 3. The van der Waals surface area contributed by atoms with Gasteiger partial charge in [0.15, 0.2) is 0 Å². The van der Waals surface area contributed by atoms with Crippen LogP contribution in [0.1, 0.15) is 18.5 Å². The molecule has 4 N–H and O–H groups in total. The van der Waals surface area contributed by atoms with Crippen molar-refractivity contribution in [2.24, 2.45) is 0 Å². The van der Waals surface area contributed by atoms with Crippen molar-refractivity contribution in [1.29, 1.82) is 0 Å². The molecule has 0 fully saturated rings. The number of halogens is 1. The number of urea groups is 1. The fourth-order valence-electron chi connectivity index (χ4n) is 1.77. The van der Waals surface area contributed by atoms with Crippen LogP contribution in [0.2, 0.25) is 0 Å². The van der Waals surface area contributed by atoms with Crippen LogP contribution >= 0.6 is 0 Å². The first-order chi connectivity index (χ1) is 9.54. The standard InChI is InChI=1S/C15H16FN3O/c1-10(11-2-6-13(17)7-3-11)18-15(20)19-14-8-4-12(16)5-9-14/h2-10H,17H2,1H3,(H2,18,19,20). The van der Waals surface area contributed by atoms with Crippen LogP contribution in [0.5, 0.6) is 0 Å².